The fourth-order valence-corrected chi connectivity index (χ4v) is 2.25. The summed E-state index contributed by atoms with van der Waals surface area (Å²) in [7, 11) is 1.65. The Kier molecular flexibility index (Phi) is 4.98. The summed E-state index contributed by atoms with van der Waals surface area (Å²) >= 11 is 0. The van der Waals surface area contributed by atoms with Crippen molar-refractivity contribution in [1.29, 1.82) is 0 Å². The zero-order chi connectivity index (χ0) is 14.4. The van der Waals surface area contributed by atoms with Crippen molar-refractivity contribution in [2.24, 2.45) is 0 Å². The first kappa shape index (κ1) is 14.4. The normalized spacial score (nSPS) is 14.2. The molecule has 1 aliphatic heterocycles. The highest BCUT2D eigenvalue weighted by atomic mass is 16.2. The van der Waals surface area contributed by atoms with Crippen LogP contribution < -0.4 is 5.32 Å². The van der Waals surface area contributed by atoms with Gasteiger partial charge < -0.3 is 15.1 Å². The van der Waals surface area contributed by atoms with Gasteiger partial charge in [0.1, 0.15) is 6.54 Å². The summed E-state index contributed by atoms with van der Waals surface area (Å²) in [6.45, 7) is 2.25. The number of rotatable bonds is 4. The minimum absolute atomic E-state index is 0.0276. The van der Waals surface area contributed by atoms with E-state index in [2.05, 4.69) is 5.32 Å². The number of benzene rings is 1. The van der Waals surface area contributed by atoms with Gasteiger partial charge in [-0.3, -0.25) is 4.79 Å². The summed E-state index contributed by atoms with van der Waals surface area (Å²) in [6.07, 6.45) is 2.13. The molecular formula is C15H21N3O2. The van der Waals surface area contributed by atoms with Gasteiger partial charge in [0.25, 0.3) is 0 Å². The lowest BCUT2D eigenvalue weighted by Crippen LogP contribution is -2.43. The SMILES string of the molecule is CN(CC(=O)N1CCCC1)C(=O)NCc1ccccc1. The standard InChI is InChI=1S/C15H21N3O2/c1-17(12-14(19)18-9-5-6-10-18)15(20)16-11-13-7-3-2-4-8-13/h2-4,7-8H,5-6,9-12H2,1H3,(H,16,20). The summed E-state index contributed by atoms with van der Waals surface area (Å²) in [5.74, 6) is 0.0276. The van der Waals surface area contributed by atoms with Crippen LogP contribution in [0.25, 0.3) is 0 Å². The summed E-state index contributed by atoms with van der Waals surface area (Å²) in [4.78, 5) is 27.1. The molecule has 1 N–H and O–H groups in total. The van der Waals surface area contributed by atoms with Gasteiger partial charge in [0.15, 0.2) is 0 Å². The molecule has 1 aromatic rings. The fraction of sp³-hybridized carbons (Fsp3) is 0.467. The van der Waals surface area contributed by atoms with E-state index in [1.165, 1.54) is 4.90 Å². The molecule has 0 atom stereocenters. The minimum Gasteiger partial charge on any atom is -0.341 e. The van der Waals surface area contributed by atoms with Crippen LogP contribution in [-0.4, -0.2) is 48.4 Å². The second-order valence-electron chi connectivity index (χ2n) is 5.09. The topological polar surface area (TPSA) is 52.7 Å². The van der Waals surface area contributed by atoms with E-state index in [0.29, 0.717) is 6.54 Å². The highest BCUT2D eigenvalue weighted by Crippen LogP contribution is 2.07. The molecule has 0 bridgehead atoms. The van der Waals surface area contributed by atoms with Crippen molar-refractivity contribution in [2.45, 2.75) is 19.4 Å². The van der Waals surface area contributed by atoms with Crippen LogP contribution in [0.1, 0.15) is 18.4 Å². The maximum atomic E-state index is 11.9. The maximum Gasteiger partial charge on any atom is 0.317 e. The third-order valence-corrected chi connectivity index (χ3v) is 3.46. The molecule has 1 aromatic carbocycles. The van der Waals surface area contributed by atoms with Crippen molar-refractivity contribution < 1.29 is 9.59 Å². The fourth-order valence-electron chi connectivity index (χ4n) is 2.25. The second-order valence-corrected chi connectivity index (χ2v) is 5.09. The maximum absolute atomic E-state index is 11.9. The predicted octanol–water partition coefficient (Wildman–Crippen LogP) is 1.45. The number of hydrogen-bond acceptors (Lipinski definition) is 2. The number of amides is 3. The number of nitrogens with zero attached hydrogens (tertiary/aromatic N) is 2. The molecule has 0 aliphatic carbocycles. The van der Waals surface area contributed by atoms with E-state index >= 15 is 0 Å². The lowest BCUT2D eigenvalue weighted by molar-refractivity contribution is -0.130. The molecule has 1 heterocycles. The third kappa shape index (κ3) is 3.98. The van der Waals surface area contributed by atoms with Crippen LogP contribution >= 0.6 is 0 Å². The number of hydrogen-bond donors (Lipinski definition) is 1. The lowest BCUT2D eigenvalue weighted by atomic mass is 10.2. The zero-order valence-corrected chi connectivity index (χ0v) is 11.8. The molecule has 5 nitrogen and oxygen atoms in total. The lowest BCUT2D eigenvalue weighted by Gasteiger charge is -2.21. The Morgan fingerprint density at radius 3 is 2.50 bits per heavy atom. The molecule has 5 heteroatoms. The van der Waals surface area contributed by atoms with E-state index in [-0.39, 0.29) is 18.5 Å². The average molecular weight is 275 g/mol. The van der Waals surface area contributed by atoms with E-state index in [4.69, 9.17) is 0 Å². The highest BCUT2D eigenvalue weighted by Gasteiger charge is 2.20. The summed E-state index contributed by atoms with van der Waals surface area (Å²) in [5, 5.41) is 2.81. The number of urea groups is 1. The van der Waals surface area contributed by atoms with Crippen molar-refractivity contribution in [2.75, 3.05) is 26.7 Å². The van der Waals surface area contributed by atoms with Crippen LogP contribution in [0.2, 0.25) is 0 Å². The Morgan fingerprint density at radius 2 is 1.85 bits per heavy atom. The Labute approximate surface area is 119 Å². The van der Waals surface area contributed by atoms with E-state index < -0.39 is 0 Å². The van der Waals surface area contributed by atoms with Gasteiger partial charge in [0, 0.05) is 26.7 Å². The molecule has 1 fully saturated rings. The molecule has 0 radical (unpaired) electrons. The Morgan fingerprint density at radius 1 is 1.20 bits per heavy atom. The minimum atomic E-state index is -0.221. The Hall–Kier alpha value is -2.04. The smallest absolute Gasteiger partial charge is 0.317 e. The zero-order valence-electron chi connectivity index (χ0n) is 11.8. The Balaban J connectivity index is 1.75. The second kappa shape index (κ2) is 6.93. The van der Waals surface area contributed by atoms with Crippen LogP contribution in [0.15, 0.2) is 30.3 Å². The van der Waals surface area contributed by atoms with Gasteiger partial charge in [0.05, 0.1) is 0 Å². The molecule has 0 saturated carbocycles. The Bertz CT molecular complexity index is 455. The molecule has 20 heavy (non-hydrogen) atoms. The summed E-state index contributed by atoms with van der Waals surface area (Å²) < 4.78 is 0. The first-order valence-electron chi connectivity index (χ1n) is 6.97. The molecular weight excluding hydrogens is 254 g/mol. The van der Waals surface area contributed by atoms with Crippen molar-refractivity contribution in [3.05, 3.63) is 35.9 Å². The third-order valence-electron chi connectivity index (χ3n) is 3.46. The van der Waals surface area contributed by atoms with E-state index in [1.54, 1.807) is 7.05 Å². The van der Waals surface area contributed by atoms with E-state index in [1.807, 2.05) is 35.2 Å². The van der Waals surface area contributed by atoms with Crippen molar-refractivity contribution in [3.63, 3.8) is 0 Å². The number of nitrogens with one attached hydrogen (secondary N) is 1. The average Bonchev–Trinajstić information content (AvgIpc) is 3.00. The van der Waals surface area contributed by atoms with E-state index in [0.717, 1.165) is 31.5 Å². The molecule has 0 spiro atoms. The molecule has 0 unspecified atom stereocenters. The number of likely N-dealkylation sites (tertiary alicyclic amines) is 1. The molecule has 3 amide bonds. The summed E-state index contributed by atoms with van der Waals surface area (Å²) in [6, 6.07) is 9.49. The highest BCUT2D eigenvalue weighted by molar-refractivity contribution is 5.84. The van der Waals surface area contributed by atoms with Gasteiger partial charge in [-0.15, -0.1) is 0 Å². The monoisotopic (exact) mass is 275 g/mol. The van der Waals surface area contributed by atoms with Gasteiger partial charge in [-0.25, -0.2) is 4.79 Å². The van der Waals surface area contributed by atoms with Crippen LogP contribution in [0.5, 0.6) is 0 Å². The largest absolute Gasteiger partial charge is 0.341 e. The number of carbonyl (C=O) groups is 2. The first-order chi connectivity index (χ1) is 9.66. The van der Waals surface area contributed by atoms with Gasteiger partial charge >= 0.3 is 6.03 Å². The van der Waals surface area contributed by atoms with Crippen molar-refractivity contribution in [1.82, 2.24) is 15.1 Å². The van der Waals surface area contributed by atoms with Crippen LogP contribution in [0.3, 0.4) is 0 Å². The van der Waals surface area contributed by atoms with Crippen LogP contribution in [0, 0.1) is 0 Å². The van der Waals surface area contributed by atoms with Crippen molar-refractivity contribution in [3.8, 4) is 0 Å². The van der Waals surface area contributed by atoms with Crippen molar-refractivity contribution >= 4 is 11.9 Å². The van der Waals surface area contributed by atoms with Gasteiger partial charge in [-0.1, -0.05) is 30.3 Å². The molecule has 0 aromatic heterocycles. The number of likely N-dealkylation sites (N-methyl/N-ethyl adjacent to an activating group) is 1. The van der Waals surface area contributed by atoms with Crippen LogP contribution in [-0.2, 0) is 11.3 Å². The van der Waals surface area contributed by atoms with Gasteiger partial charge in [0.2, 0.25) is 5.91 Å². The number of carbonyl (C=O) groups excluding carboxylic acids is 2. The molecule has 1 saturated heterocycles. The molecule has 108 valence electrons. The van der Waals surface area contributed by atoms with Gasteiger partial charge in [-0.05, 0) is 18.4 Å². The predicted molar refractivity (Wildman–Crippen MR) is 77.1 cm³/mol. The van der Waals surface area contributed by atoms with E-state index in [9.17, 15) is 9.59 Å². The first-order valence-corrected chi connectivity index (χ1v) is 6.97. The quantitative estimate of drug-likeness (QED) is 0.904. The summed E-state index contributed by atoms with van der Waals surface area (Å²) in [5.41, 5.74) is 1.04. The molecule has 2 rings (SSSR count). The van der Waals surface area contributed by atoms with Gasteiger partial charge in [-0.2, -0.15) is 0 Å². The molecule has 1 aliphatic rings. The van der Waals surface area contributed by atoms with Crippen LogP contribution in [0.4, 0.5) is 4.79 Å².